The normalized spacial score (nSPS) is 41.8. The lowest BCUT2D eigenvalue weighted by molar-refractivity contribution is -0.136. The third-order valence-corrected chi connectivity index (χ3v) is 5.07. The number of fused-ring (bicyclic) bond motifs is 2. The summed E-state index contributed by atoms with van der Waals surface area (Å²) in [5, 5.41) is 21.0. The van der Waals surface area contributed by atoms with Crippen LogP contribution in [0.25, 0.3) is 0 Å². The minimum absolute atomic E-state index is 0.0845. The molecule has 4 atom stereocenters. The Hall–Kier alpha value is -1.13. The van der Waals surface area contributed by atoms with Gasteiger partial charge in [-0.1, -0.05) is 6.92 Å². The van der Waals surface area contributed by atoms with E-state index in [4.69, 9.17) is 4.42 Å². The standard InChI is InChI=1S/C15H20O4/c1-8-7-19-9-6-14(2)10(16)4-5-15(3,18)13(14)12(17)11(8)9/h7,10,13,16,18H,4-6H2,1-3H3/t10-,13-,14+,15-/m0/s1. The zero-order valence-corrected chi connectivity index (χ0v) is 11.6. The number of aliphatic hydroxyl groups is 2. The van der Waals surface area contributed by atoms with Gasteiger partial charge in [-0.2, -0.15) is 0 Å². The summed E-state index contributed by atoms with van der Waals surface area (Å²) in [4.78, 5) is 12.8. The fraction of sp³-hybridized carbons (Fsp3) is 0.667. The number of hydrogen-bond acceptors (Lipinski definition) is 4. The average molecular weight is 264 g/mol. The number of carbonyl (C=O) groups is 1. The smallest absolute Gasteiger partial charge is 0.173 e. The Morgan fingerprint density at radius 3 is 2.79 bits per heavy atom. The predicted molar refractivity (Wildman–Crippen MR) is 68.9 cm³/mol. The maximum Gasteiger partial charge on any atom is 0.173 e. The van der Waals surface area contributed by atoms with Crippen LogP contribution in [0.3, 0.4) is 0 Å². The van der Waals surface area contributed by atoms with Crippen molar-refractivity contribution < 1.29 is 19.4 Å². The van der Waals surface area contributed by atoms with Gasteiger partial charge >= 0.3 is 0 Å². The van der Waals surface area contributed by atoms with Crippen LogP contribution in [0.5, 0.6) is 0 Å². The lowest BCUT2D eigenvalue weighted by Gasteiger charge is -2.53. The summed E-state index contributed by atoms with van der Waals surface area (Å²) in [5.41, 5.74) is -0.280. The van der Waals surface area contributed by atoms with Crippen LogP contribution in [-0.4, -0.2) is 27.7 Å². The Morgan fingerprint density at radius 1 is 1.42 bits per heavy atom. The van der Waals surface area contributed by atoms with Crippen LogP contribution in [0.4, 0.5) is 0 Å². The fourth-order valence-electron chi connectivity index (χ4n) is 4.06. The van der Waals surface area contributed by atoms with Crippen LogP contribution in [-0.2, 0) is 6.42 Å². The van der Waals surface area contributed by atoms with Gasteiger partial charge in [0.1, 0.15) is 5.76 Å². The van der Waals surface area contributed by atoms with Crippen LogP contribution in [0.2, 0.25) is 0 Å². The van der Waals surface area contributed by atoms with E-state index in [2.05, 4.69) is 0 Å². The second kappa shape index (κ2) is 3.70. The lowest BCUT2D eigenvalue weighted by Crippen LogP contribution is -2.60. The van der Waals surface area contributed by atoms with E-state index >= 15 is 0 Å². The van der Waals surface area contributed by atoms with Crippen molar-refractivity contribution in [2.75, 3.05) is 0 Å². The summed E-state index contributed by atoms with van der Waals surface area (Å²) in [6.45, 7) is 5.44. The van der Waals surface area contributed by atoms with E-state index in [1.165, 1.54) is 0 Å². The maximum atomic E-state index is 12.8. The molecule has 0 radical (unpaired) electrons. The number of aryl methyl sites for hydroxylation is 1. The predicted octanol–water partition coefficient (Wildman–Crippen LogP) is 1.86. The summed E-state index contributed by atoms with van der Waals surface area (Å²) in [6.07, 6.45) is 2.48. The van der Waals surface area contributed by atoms with Crippen LogP contribution < -0.4 is 0 Å². The van der Waals surface area contributed by atoms with E-state index in [0.717, 1.165) is 5.56 Å². The molecule has 1 aromatic heterocycles. The van der Waals surface area contributed by atoms with E-state index in [0.29, 0.717) is 30.6 Å². The van der Waals surface area contributed by atoms with Crippen molar-refractivity contribution in [3.63, 3.8) is 0 Å². The van der Waals surface area contributed by atoms with Gasteiger partial charge in [-0.05, 0) is 32.3 Å². The first-order valence-electron chi connectivity index (χ1n) is 6.79. The van der Waals surface area contributed by atoms with Crippen molar-refractivity contribution in [3.05, 3.63) is 23.2 Å². The monoisotopic (exact) mass is 264 g/mol. The topological polar surface area (TPSA) is 70.7 Å². The summed E-state index contributed by atoms with van der Waals surface area (Å²) >= 11 is 0. The molecule has 3 rings (SSSR count). The molecule has 2 aliphatic carbocycles. The Balaban J connectivity index is 2.18. The number of aliphatic hydroxyl groups excluding tert-OH is 1. The molecule has 4 heteroatoms. The highest BCUT2D eigenvalue weighted by Gasteiger charge is 2.59. The Morgan fingerprint density at radius 2 is 2.11 bits per heavy atom. The first-order chi connectivity index (χ1) is 8.77. The fourth-order valence-corrected chi connectivity index (χ4v) is 4.06. The third-order valence-electron chi connectivity index (χ3n) is 5.07. The van der Waals surface area contributed by atoms with Gasteiger partial charge in [0.15, 0.2) is 5.78 Å². The summed E-state index contributed by atoms with van der Waals surface area (Å²) in [5.74, 6) is 0.00398. The minimum Gasteiger partial charge on any atom is -0.468 e. The van der Waals surface area contributed by atoms with Gasteiger partial charge < -0.3 is 14.6 Å². The van der Waals surface area contributed by atoms with Gasteiger partial charge in [0, 0.05) is 11.8 Å². The van der Waals surface area contributed by atoms with E-state index in [9.17, 15) is 15.0 Å². The van der Waals surface area contributed by atoms with E-state index < -0.39 is 23.0 Å². The molecule has 4 nitrogen and oxygen atoms in total. The van der Waals surface area contributed by atoms with Crippen LogP contribution >= 0.6 is 0 Å². The summed E-state index contributed by atoms with van der Waals surface area (Å²) in [6, 6.07) is 0. The molecule has 0 saturated heterocycles. The Bertz CT molecular complexity index is 542. The van der Waals surface area contributed by atoms with Crippen molar-refractivity contribution in [2.24, 2.45) is 11.3 Å². The molecule has 2 aliphatic rings. The number of carbonyl (C=O) groups excluding carboxylic acids is 1. The Kier molecular flexibility index (Phi) is 2.51. The van der Waals surface area contributed by atoms with Crippen molar-refractivity contribution in [2.45, 2.75) is 51.7 Å². The van der Waals surface area contributed by atoms with E-state index in [-0.39, 0.29) is 5.78 Å². The van der Waals surface area contributed by atoms with Crippen LogP contribution in [0.15, 0.2) is 10.7 Å². The van der Waals surface area contributed by atoms with Gasteiger partial charge in [0.05, 0.1) is 29.4 Å². The van der Waals surface area contributed by atoms with Gasteiger partial charge in [-0.3, -0.25) is 4.79 Å². The molecule has 0 spiro atoms. The third kappa shape index (κ3) is 1.56. The van der Waals surface area contributed by atoms with Crippen molar-refractivity contribution in [1.29, 1.82) is 0 Å². The van der Waals surface area contributed by atoms with E-state index in [1.807, 2.05) is 13.8 Å². The summed E-state index contributed by atoms with van der Waals surface area (Å²) in [7, 11) is 0. The van der Waals surface area contributed by atoms with Gasteiger partial charge in [0.25, 0.3) is 0 Å². The van der Waals surface area contributed by atoms with Gasteiger partial charge in [-0.25, -0.2) is 0 Å². The number of furan rings is 1. The van der Waals surface area contributed by atoms with E-state index in [1.54, 1.807) is 13.2 Å². The molecule has 19 heavy (non-hydrogen) atoms. The van der Waals surface area contributed by atoms with Gasteiger partial charge in [0.2, 0.25) is 0 Å². The maximum absolute atomic E-state index is 12.8. The molecular formula is C15H20O4. The number of Topliss-reactive ketones (excluding diaryl/α,β-unsaturated/α-hetero) is 1. The van der Waals surface area contributed by atoms with Crippen LogP contribution in [0.1, 0.15) is 48.4 Å². The number of rotatable bonds is 0. The minimum atomic E-state index is -1.06. The molecule has 104 valence electrons. The van der Waals surface area contributed by atoms with Crippen molar-refractivity contribution >= 4 is 5.78 Å². The number of hydrogen-bond donors (Lipinski definition) is 2. The molecule has 0 unspecified atom stereocenters. The largest absolute Gasteiger partial charge is 0.468 e. The zero-order chi connectivity index (χ0) is 14.0. The summed E-state index contributed by atoms with van der Waals surface area (Å²) < 4.78 is 5.47. The molecule has 1 fully saturated rings. The highest BCUT2D eigenvalue weighted by atomic mass is 16.3. The van der Waals surface area contributed by atoms with Gasteiger partial charge in [-0.15, -0.1) is 0 Å². The molecule has 1 saturated carbocycles. The molecule has 0 aliphatic heterocycles. The lowest BCUT2D eigenvalue weighted by atomic mass is 9.53. The molecule has 0 amide bonds. The SMILES string of the molecule is Cc1coc2c1C(=O)[C@H]1[C@](C)(C2)[C@@H](O)CC[C@]1(C)O. The van der Waals surface area contributed by atoms with Crippen molar-refractivity contribution in [3.8, 4) is 0 Å². The highest BCUT2D eigenvalue weighted by Crippen LogP contribution is 2.53. The first kappa shape index (κ1) is 12.9. The molecule has 0 aromatic carbocycles. The molecule has 0 bridgehead atoms. The molecule has 1 aromatic rings. The second-order valence-corrected chi connectivity index (χ2v) is 6.61. The zero-order valence-electron chi connectivity index (χ0n) is 11.6. The Labute approximate surface area is 112 Å². The quantitative estimate of drug-likeness (QED) is 0.750. The first-order valence-corrected chi connectivity index (χ1v) is 6.79. The average Bonchev–Trinajstić information content (AvgIpc) is 2.65. The second-order valence-electron chi connectivity index (χ2n) is 6.61. The van der Waals surface area contributed by atoms with Crippen LogP contribution in [0, 0.1) is 18.3 Å². The molecule has 1 heterocycles. The molecule has 2 N–H and O–H groups in total. The van der Waals surface area contributed by atoms with Crippen molar-refractivity contribution in [1.82, 2.24) is 0 Å². The molecular weight excluding hydrogens is 244 g/mol. The number of ketones is 1. The highest BCUT2D eigenvalue weighted by molar-refractivity contribution is 6.02.